The van der Waals surface area contributed by atoms with Gasteiger partial charge in [-0.1, -0.05) is 6.92 Å². The number of anilines is 1. The summed E-state index contributed by atoms with van der Waals surface area (Å²) >= 11 is 0. The van der Waals surface area contributed by atoms with E-state index in [1.165, 1.54) is 12.1 Å². The molecule has 1 unspecified atom stereocenters. The number of hydrogen-bond acceptors (Lipinski definition) is 5. The standard InChI is InChI=1S/C13H18N2O5/c1-3-9(7-13(16)17)14-10-5-11(15(18)19)8-12(6-10)20-4-2/h5-6,8-9,14H,3-4,7H2,1-2H3,(H,16,17). The Labute approximate surface area is 116 Å². The van der Waals surface area contributed by atoms with E-state index >= 15 is 0 Å². The van der Waals surface area contributed by atoms with Crippen LogP contribution in [-0.2, 0) is 4.79 Å². The van der Waals surface area contributed by atoms with Crippen LogP contribution < -0.4 is 10.1 Å². The number of benzene rings is 1. The van der Waals surface area contributed by atoms with Crippen molar-refractivity contribution in [3.8, 4) is 5.75 Å². The lowest BCUT2D eigenvalue weighted by atomic mass is 10.1. The van der Waals surface area contributed by atoms with Gasteiger partial charge >= 0.3 is 5.97 Å². The molecule has 0 aliphatic carbocycles. The number of carboxylic acid groups (broad SMARTS) is 1. The third-order valence-electron chi connectivity index (χ3n) is 2.70. The maximum atomic E-state index is 10.9. The van der Waals surface area contributed by atoms with Crippen molar-refractivity contribution in [3.05, 3.63) is 28.3 Å². The molecule has 1 aromatic rings. The highest BCUT2D eigenvalue weighted by Gasteiger charge is 2.15. The number of non-ortho nitro benzene ring substituents is 1. The van der Waals surface area contributed by atoms with Gasteiger partial charge in [-0.25, -0.2) is 0 Å². The molecule has 0 aromatic heterocycles. The first-order chi connectivity index (χ1) is 9.46. The molecule has 110 valence electrons. The van der Waals surface area contributed by atoms with E-state index in [0.717, 1.165) is 0 Å². The summed E-state index contributed by atoms with van der Waals surface area (Å²) in [5.41, 5.74) is 0.388. The summed E-state index contributed by atoms with van der Waals surface area (Å²) in [6.45, 7) is 4.03. The van der Waals surface area contributed by atoms with Crippen molar-refractivity contribution in [1.29, 1.82) is 0 Å². The number of rotatable bonds is 8. The average molecular weight is 282 g/mol. The van der Waals surface area contributed by atoms with Crippen LogP contribution in [0.5, 0.6) is 5.75 Å². The minimum Gasteiger partial charge on any atom is -0.494 e. The van der Waals surface area contributed by atoms with Crippen LogP contribution in [0.1, 0.15) is 26.7 Å². The number of nitrogens with zero attached hydrogens (tertiary/aromatic N) is 1. The van der Waals surface area contributed by atoms with Crippen LogP contribution >= 0.6 is 0 Å². The molecule has 0 radical (unpaired) electrons. The SMILES string of the molecule is CCOc1cc(NC(CC)CC(=O)O)cc([N+](=O)[O-])c1. The predicted octanol–water partition coefficient (Wildman–Crippen LogP) is 2.66. The lowest BCUT2D eigenvalue weighted by molar-refractivity contribution is -0.384. The zero-order valence-corrected chi connectivity index (χ0v) is 11.5. The normalized spacial score (nSPS) is 11.7. The van der Waals surface area contributed by atoms with Gasteiger partial charge in [0.05, 0.1) is 24.0 Å². The quantitative estimate of drug-likeness (QED) is 0.561. The Balaban J connectivity index is 2.97. The second-order valence-corrected chi connectivity index (χ2v) is 4.25. The molecular weight excluding hydrogens is 264 g/mol. The number of carboxylic acids is 1. The monoisotopic (exact) mass is 282 g/mol. The minimum absolute atomic E-state index is 0.0524. The van der Waals surface area contributed by atoms with Crippen LogP contribution in [0.2, 0.25) is 0 Å². The van der Waals surface area contributed by atoms with Gasteiger partial charge in [0.25, 0.3) is 5.69 Å². The molecule has 1 aromatic carbocycles. The van der Waals surface area contributed by atoms with Gasteiger partial charge in [-0.05, 0) is 13.3 Å². The second kappa shape index (κ2) is 7.32. The molecule has 7 nitrogen and oxygen atoms in total. The summed E-state index contributed by atoms with van der Waals surface area (Å²) in [5, 5.41) is 22.7. The number of nitro groups is 1. The number of nitro benzene ring substituents is 1. The second-order valence-electron chi connectivity index (χ2n) is 4.25. The van der Waals surface area contributed by atoms with Gasteiger partial charge in [0.2, 0.25) is 0 Å². The van der Waals surface area contributed by atoms with E-state index in [1.807, 2.05) is 6.92 Å². The summed E-state index contributed by atoms with van der Waals surface area (Å²) in [5.74, 6) is -0.533. The number of hydrogen-bond donors (Lipinski definition) is 2. The molecule has 0 saturated heterocycles. The molecule has 0 aliphatic heterocycles. The van der Waals surface area contributed by atoms with E-state index in [9.17, 15) is 14.9 Å². The Kier molecular flexibility index (Phi) is 5.76. The Morgan fingerprint density at radius 3 is 2.65 bits per heavy atom. The summed E-state index contributed by atoms with van der Waals surface area (Å²) < 4.78 is 5.27. The molecule has 0 amide bonds. The molecule has 0 bridgehead atoms. The van der Waals surface area contributed by atoms with Gasteiger partial charge in [-0.15, -0.1) is 0 Å². The van der Waals surface area contributed by atoms with Crippen molar-refractivity contribution in [2.45, 2.75) is 32.7 Å². The van der Waals surface area contributed by atoms with Gasteiger partial charge in [0.1, 0.15) is 5.75 Å². The van der Waals surface area contributed by atoms with Crippen molar-refractivity contribution in [3.63, 3.8) is 0 Å². The van der Waals surface area contributed by atoms with Crippen molar-refractivity contribution < 1.29 is 19.6 Å². The molecule has 0 saturated carbocycles. The highest BCUT2D eigenvalue weighted by molar-refractivity contribution is 5.68. The van der Waals surface area contributed by atoms with Crippen molar-refractivity contribution in [1.82, 2.24) is 0 Å². The first-order valence-electron chi connectivity index (χ1n) is 6.36. The summed E-state index contributed by atoms with van der Waals surface area (Å²) in [4.78, 5) is 21.1. The molecule has 0 spiro atoms. The van der Waals surface area contributed by atoms with Crippen LogP contribution in [0.25, 0.3) is 0 Å². The number of aliphatic carboxylic acids is 1. The fraction of sp³-hybridized carbons (Fsp3) is 0.462. The first kappa shape index (κ1) is 15.7. The third-order valence-corrected chi connectivity index (χ3v) is 2.70. The lowest BCUT2D eigenvalue weighted by Crippen LogP contribution is -2.22. The molecule has 2 N–H and O–H groups in total. The Hall–Kier alpha value is -2.31. The van der Waals surface area contributed by atoms with E-state index < -0.39 is 10.9 Å². The zero-order valence-electron chi connectivity index (χ0n) is 11.5. The van der Waals surface area contributed by atoms with Crippen molar-refractivity contribution in [2.24, 2.45) is 0 Å². The fourth-order valence-corrected chi connectivity index (χ4v) is 1.77. The number of ether oxygens (including phenoxy) is 1. The van der Waals surface area contributed by atoms with Gasteiger partial charge in [0.15, 0.2) is 0 Å². The van der Waals surface area contributed by atoms with Crippen LogP contribution in [0.3, 0.4) is 0 Å². The van der Waals surface area contributed by atoms with Crippen LogP contribution in [-0.4, -0.2) is 28.6 Å². The van der Waals surface area contributed by atoms with Crippen LogP contribution in [0, 0.1) is 10.1 Å². The third kappa shape index (κ3) is 4.75. The molecular formula is C13H18N2O5. The Morgan fingerprint density at radius 2 is 2.15 bits per heavy atom. The summed E-state index contributed by atoms with van der Waals surface area (Å²) in [7, 11) is 0. The molecule has 0 heterocycles. The van der Waals surface area contributed by atoms with Crippen LogP contribution in [0.4, 0.5) is 11.4 Å². The lowest BCUT2D eigenvalue weighted by Gasteiger charge is -2.16. The topological polar surface area (TPSA) is 102 Å². The van der Waals surface area contributed by atoms with Crippen molar-refractivity contribution >= 4 is 17.3 Å². The van der Waals surface area contributed by atoms with E-state index in [4.69, 9.17) is 9.84 Å². The van der Waals surface area contributed by atoms with E-state index in [0.29, 0.717) is 24.5 Å². The molecule has 0 aliphatic rings. The first-order valence-corrected chi connectivity index (χ1v) is 6.36. The fourth-order valence-electron chi connectivity index (χ4n) is 1.77. The maximum absolute atomic E-state index is 10.9. The minimum atomic E-state index is -0.917. The molecule has 1 rings (SSSR count). The molecule has 20 heavy (non-hydrogen) atoms. The Bertz CT molecular complexity index is 490. The molecule has 0 fully saturated rings. The van der Waals surface area contributed by atoms with Gasteiger partial charge in [-0.3, -0.25) is 14.9 Å². The smallest absolute Gasteiger partial charge is 0.305 e. The predicted molar refractivity (Wildman–Crippen MR) is 74.2 cm³/mol. The molecule has 7 heteroatoms. The van der Waals surface area contributed by atoms with Gasteiger partial charge < -0.3 is 15.2 Å². The number of carbonyl (C=O) groups is 1. The van der Waals surface area contributed by atoms with Crippen LogP contribution in [0.15, 0.2) is 18.2 Å². The Morgan fingerprint density at radius 1 is 1.45 bits per heavy atom. The largest absolute Gasteiger partial charge is 0.494 e. The number of nitrogens with one attached hydrogen (secondary N) is 1. The summed E-state index contributed by atoms with van der Waals surface area (Å²) in [6, 6.07) is 4.05. The van der Waals surface area contributed by atoms with Crippen molar-refractivity contribution in [2.75, 3.05) is 11.9 Å². The zero-order chi connectivity index (χ0) is 15.1. The van der Waals surface area contributed by atoms with Gasteiger partial charge in [0, 0.05) is 23.9 Å². The highest BCUT2D eigenvalue weighted by atomic mass is 16.6. The van der Waals surface area contributed by atoms with E-state index in [2.05, 4.69) is 5.32 Å². The molecule has 1 atom stereocenters. The van der Waals surface area contributed by atoms with E-state index in [-0.39, 0.29) is 18.2 Å². The summed E-state index contributed by atoms with van der Waals surface area (Å²) in [6.07, 6.45) is 0.544. The van der Waals surface area contributed by atoms with Gasteiger partial charge in [-0.2, -0.15) is 0 Å². The average Bonchev–Trinajstić information content (AvgIpc) is 2.37. The maximum Gasteiger partial charge on any atom is 0.305 e. The van der Waals surface area contributed by atoms with E-state index in [1.54, 1.807) is 13.0 Å². The highest BCUT2D eigenvalue weighted by Crippen LogP contribution is 2.27.